The van der Waals surface area contributed by atoms with Gasteiger partial charge in [0.2, 0.25) is 0 Å². The Balaban J connectivity index is 2.80. The van der Waals surface area contributed by atoms with E-state index >= 15 is 0 Å². The molecule has 1 aromatic rings. The van der Waals surface area contributed by atoms with Crippen LogP contribution in [0.3, 0.4) is 0 Å². The molecule has 0 radical (unpaired) electrons. The van der Waals surface area contributed by atoms with E-state index in [1.165, 1.54) is 18.2 Å². The Labute approximate surface area is 98.2 Å². The van der Waals surface area contributed by atoms with E-state index in [1.807, 2.05) is 6.92 Å². The molecule has 0 aliphatic carbocycles. The summed E-state index contributed by atoms with van der Waals surface area (Å²) in [6.45, 7) is 1.89. The Morgan fingerprint density at radius 3 is 2.75 bits per heavy atom. The van der Waals surface area contributed by atoms with Crippen LogP contribution in [-0.2, 0) is 4.79 Å². The minimum atomic E-state index is -0.956. The van der Waals surface area contributed by atoms with Gasteiger partial charge < -0.3 is 10.4 Å². The van der Waals surface area contributed by atoms with Gasteiger partial charge >= 0.3 is 5.97 Å². The highest BCUT2D eigenvalue weighted by molar-refractivity contribution is 6.30. The average Bonchev–Trinajstić information content (AvgIpc) is 2.15. The molecule has 0 aliphatic rings. The zero-order valence-electron chi connectivity index (χ0n) is 8.84. The second-order valence-corrected chi connectivity index (χ2v) is 3.92. The molecule has 2 N–H and O–H groups in total. The number of hydrogen-bond donors (Lipinski definition) is 2. The number of hydrogen-bond acceptors (Lipinski definition) is 2. The van der Waals surface area contributed by atoms with Crippen LogP contribution in [-0.4, -0.2) is 17.1 Å². The van der Waals surface area contributed by atoms with E-state index in [9.17, 15) is 9.18 Å². The van der Waals surface area contributed by atoms with Gasteiger partial charge in [0.15, 0.2) is 0 Å². The zero-order valence-corrected chi connectivity index (χ0v) is 9.59. The third-order valence-electron chi connectivity index (χ3n) is 2.08. The van der Waals surface area contributed by atoms with Gasteiger partial charge in [-0.05, 0) is 24.6 Å². The molecule has 88 valence electrons. The van der Waals surface area contributed by atoms with E-state index in [-0.39, 0.29) is 5.02 Å². The third kappa shape index (κ3) is 3.70. The second-order valence-electron chi connectivity index (χ2n) is 3.48. The van der Waals surface area contributed by atoms with Crippen molar-refractivity contribution in [2.75, 3.05) is 5.32 Å². The number of carbonyl (C=O) groups is 1. The number of halogens is 2. The van der Waals surface area contributed by atoms with Gasteiger partial charge in [-0.2, -0.15) is 0 Å². The van der Waals surface area contributed by atoms with Crippen molar-refractivity contribution in [3.05, 3.63) is 29.0 Å². The van der Waals surface area contributed by atoms with Crippen LogP contribution in [0.4, 0.5) is 10.1 Å². The van der Waals surface area contributed by atoms with E-state index in [1.54, 1.807) is 0 Å². The lowest BCUT2D eigenvalue weighted by molar-refractivity contribution is -0.138. The predicted molar refractivity (Wildman–Crippen MR) is 61.4 cm³/mol. The van der Waals surface area contributed by atoms with Gasteiger partial charge in [-0.3, -0.25) is 0 Å². The molecule has 5 heteroatoms. The van der Waals surface area contributed by atoms with Crippen LogP contribution in [0.15, 0.2) is 18.2 Å². The van der Waals surface area contributed by atoms with Crippen molar-refractivity contribution >= 4 is 23.3 Å². The number of nitrogens with one attached hydrogen (secondary N) is 1. The topological polar surface area (TPSA) is 49.3 Å². The van der Waals surface area contributed by atoms with E-state index < -0.39 is 17.8 Å². The summed E-state index contributed by atoms with van der Waals surface area (Å²) in [5.74, 6) is -1.45. The quantitative estimate of drug-likeness (QED) is 0.838. The van der Waals surface area contributed by atoms with Crippen LogP contribution in [0.2, 0.25) is 5.02 Å². The molecule has 0 aromatic heterocycles. The first kappa shape index (κ1) is 12.8. The van der Waals surface area contributed by atoms with Crippen molar-refractivity contribution in [1.82, 2.24) is 0 Å². The smallest absolute Gasteiger partial charge is 0.326 e. The third-order valence-corrected chi connectivity index (χ3v) is 2.30. The van der Waals surface area contributed by atoms with E-state index in [4.69, 9.17) is 16.7 Å². The summed E-state index contributed by atoms with van der Waals surface area (Å²) in [6, 6.07) is 3.17. The molecule has 3 nitrogen and oxygen atoms in total. The monoisotopic (exact) mass is 245 g/mol. The molecule has 1 atom stereocenters. The first-order chi connectivity index (χ1) is 7.52. The van der Waals surface area contributed by atoms with Crippen LogP contribution in [0.1, 0.15) is 19.8 Å². The highest BCUT2D eigenvalue weighted by atomic mass is 35.5. The van der Waals surface area contributed by atoms with Crippen molar-refractivity contribution in [3.8, 4) is 0 Å². The molecule has 0 saturated heterocycles. The van der Waals surface area contributed by atoms with E-state index in [0.717, 1.165) is 6.42 Å². The lowest BCUT2D eigenvalue weighted by Crippen LogP contribution is -2.28. The Hall–Kier alpha value is -1.29. The number of aliphatic carboxylic acids is 1. The fourth-order valence-corrected chi connectivity index (χ4v) is 1.61. The van der Waals surface area contributed by atoms with Gasteiger partial charge in [0.1, 0.15) is 11.9 Å². The van der Waals surface area contributed by atoms with Gasteiger partial charge in [-0.1, -0.05) is 24.9 Å². The van der Waals surface area contributed by atoms with Gasteiger partial charge in [0.25, 0.3) is 0 Å². The molecular weight excluding hydrogens is 233 g/mol. The summed E-state index contributed by atoms with van der Waals surface area (Å²) in [6.07, 6.45) is 1.20. The standard InChI is InChI=1S/C11H13ClFNO2/c1-2-3-10(11(15)16)14-9-5-7(12)4-8(13)6-9/h4-6,10,14H,2-3H2,1H3,(H,15,16). The van der Waals surface area contributed by atoms with Crippen LogP contribution in [0.5, 0.6) is 0 Å². The molecule has 0 heterocycles. The fourth-order valence-electron chi connectivity index (χ4n) is 1.38. The molecule has 0 fully saturated rings. The van der Waals surface area contributed by atoms with Crippen LogP contribution < -0.4 is 5.32 Å². The normalized spacial score (nSPS) is 12.2. The molecule has 0 spiro atoms. The van der Waals surface area contributed by atoms with Crippen LogP contribution >= 0.6 is 11.6 Å². The molecule has 1 rings (SSSR count). The first-order valence-electron chi connectivity index (χ1n) is 4.98. The Morgan fingerprint density at radius 1 is 1.56 bits per heavy atom. The van der Waals surface area contributed by atoms with Crippen molar-refractivity contribution in [2.24, 2.45) is 0 Å². The summed E-state index contributed by atoms with van der Waals surface area (Å²) < 4.78 is 13.0. The molecule has 1 aromatic carbocycles. The lowest BCUT2D eigenvalue weighted by atomic mass is 10.1. The highest BCUT2D eigenvalue weighted by Crippen LogP contribution is 2.19. The van der Waals surface area contributed by atoms with Crippen molar-refractivity contribution < 1.29 is 14.3 Å². The number of benzene rings is 1. The molecule has 0 bridgehead atoms. The molecule has 16 heavy (non-hydrogen) atoms. The zero-order chi connectivity index (χ0) is 12.1. The van der Waals surface area contributed by atoms with Crippen LogP contribution in [0.25, 0.3) is 0 Å². The van der Waals surface area contributed by atoms with Crippen LogP contribution in [0, 0.1) is 5.82 Å². The minimum absolute atomic E-state index is 0.239. The van der Waals surface area contributed by atoms with Gasteiger partial charge in [0.05, 0.1) is 0 Å². The SMILES string of the molecule is CCCC(Nc1cc(F)cc(Cl)c1)C(=O)O. The second kappa shape index (κ2) is 5.70. The lowest BCUT2D eigenvalue weighted by Gasteiger charge is -2.15. The maximum atomic E-state index is 13.0. The number of carboxylic acids is 1. The van der Waals surface area contributed by atoms with Gasteiger partial charge in [-0.25, -0.2) is 9.18 Å². The number of carboxylic acid groups (broad SMARTS) is 1. The van der Waals surface area contributed by atoms with E-state index in [2.05, 4.69) is 5.32 Å². The Morgan fingerprint density at radius 2 is 2.25 bits per heavy atom. The molecule has 0 saturated carbocycles. The van der Waals surface area contributed by atoms with Crippen molar-refractivity contribution in [2.45, 2.75) is 25.8 Å². The fraction of sp³-hybridized carbons (Fsp3) is 0.364. The molecule has 0 amide bonds. The average molecular weight is 246 g/mol. The molecule has 0 aliphatic heterocycles. The maximum absolute atomic E-state index is 13.0. The van der Waals surface area contributed by atoms with Crippen molar-refractivity contribution in [3.63, 3.8) is 0 Å². The Bertz CT molecular complexity index is 364. The van der Waals surface area contributed by atoms with Crippen molar-refractivity contribution in [1.29, 1.82) is 0 Å². The first-order valence-corrected chi connectivity index (χ1v) is 5.36. The maximum Gasteiger partial charge on any atom is 0.326 e. The summed E-state index contributed by atoms with van der Waals surface area (Å²) in [4.78, 5) is 10.9. The summed E-state index contributed by atoms with van der Waals surface area (Å²) in [5, 5.41) is 11.9. The minimum Gasteiger partial charge on any atom is -0.480 e. The van der Waals surface area contributed by atoms with E-state index in [0.29, 0.717) is 12.1 Å². The molecule has 1 unspecified atom stereocenters. The van der Waals surface area contributed by atoms with Gasteiger partial charge in [0, 0.05) is 10.7 Å². The largest absolute Gasteiger partial charge is 0.480 e. The highest BCUT2D eigenvalue weighted by Gasteiger charge is 2.16. The number of rotatable bonds is 5. The summed E-state index contributed by atoms with van der Waals surface area (Å²) in [5.41, 5.74) is 0.380. The predicted octanol–water partition coefficient (Wildman–Crippen LogP) is 3.14. The summed E-state index contributed by atoms with van der Waals surface area (Å²) in [7, 11) is 0. The molecular formula is C11H13ClFNO2. The van der Waals surface area contributed by atoms with Gasteiger partial charge in [-0.15, -0.1) is 0 Å². The summed E-state index contributed by atoms with van der Waals surface area (Å²) >= 11 is 5.66. The Kier molecular flexibility index (Phi) is 4.55. The number of anilines is 1.